The minimum Gasteiger partial charge on any atom is -0.496 e. The van der Waals surface area contributed by atoms with Crippen molar-refractivity contribution in [3.05, 3.63) is 181 Å². The summed E-state index contributed by atoms with van der Waals surface area (Å²) in [5.41, 5.74) is 40.5. The lowest BCUT2D eigenvalue weighted by Gasteiger charge is -2.32. The molecule has 4 aliphatic heterocycles. The van der Waals surface area contributed by atoms with Gasteiger partial charge in [-0.3, -0.25) is 39.1 Å². The van der Waals surface area contributed by atoms with E-state index >= 15 is 0 Å². The Labute approximate surface area is 664 Å². The van der Waals surface area contributed by atoms with Gasteiger partial charge >= 0.3 is 0 Å². The molecule has 12 heterocycles. The molecule has 32 heteroatoms. The van der Waals surface area contributed by atoms with Crippen molar-refractivity contribution < 1.29 is 38.1 Å². The number of fused-ring (bicyclic) bond motifs is 4. The van der Waals surface area contributed by atoms with E-state index < -0.39 is 0 Å². The van der Waals surface area contributed by atoms with Crippen LogP contribution in [0.2, 0.25) is 20.6 Å². The quantitative estimate of drug-likeness (QED) is 0.0580. The lowest BCUT2D eigenvalue weighted by molar-refractivity contribution is 0.102. The largest absolute Gasteiger partial charge is 0.496 e. The fourth-order valence-corrected chi connectivity index (χ4v) is 15.5. The molecular formula is C79H90Cl4N20O8. The summed E-state index contributed by atoms with van der Waals surface area (Å²) in [5.74, 6) is 5.15. The van der Waals surface area contributed by atoms with Gasteiger partial charge in [0.05, 0.1) is 77.4 Å². The molecule has 0 saturated heterocycles. The molecule has 111 heavy (non-hydrogen) atoms. The van der Waals surface area contributed by atoms with Crippen LogP contribution in [0.3, 0.4) is 0 Å². The average molecular weight is 1590 g/mol. The minimum absolute atomic E-state index is 0.0309. The highest BCUT2D eigenvalue weighted by Gasteiger charge is 2.39. The molecule has 6 aliphatic rings. The standard InChI is InChI=1S/C21H24ClN5O2.C20H22ClN5O2.2C19H22ClN5O2/c1-11-8-24-15(12(2)18(11)29-3)10-27-9-14(13-6-4-5-7-13)17(28)16-19(22)25-21(23)26-20(16)27;1-10-7-23-14(11(2)17(10)28-3)9-26-8-13(6-12-4-5-12)16(27)15-18(21)24-20(22)25-19(15)26;1-9(2)12-7-25(8-13-11(4)16(27-5)10(3)6-22-13)18-14(15(12)26)17(20)23-19(21)24-18;1-5-6-12-8-25(9-13-11(3)16(27-4)10(2)7-22-13)18-14(15(12)26)17(20)23-19(21)24-18/h8H,4-7,9-10H2,1-3H3,(H2,23,25,26);6-7,12H,4-5,8-9H2,1-3H3,(H2,22,24,25);6H,7-8H2,1-5H3,(H2,21,23,24);6-7H,5,8-9H2,1-4H3,(H2,21,23,24)/b;13-6+;;12-6+. The van der Waals surface area contributed by atoms with Crippen molar-refractivity contribution in [1.82, 2.24) is 59.8 Å². The van der Waals surface area contributed by atoms with Gasteiger partial charge in [-0.25, -0.2) is 19.9 Å². The summed E-state index contributed by atoms with van der Waals surface area (Å²) in [6.07, 6.45) is 18.2. The number of pyridine rings is 4. The SMILES string of the molecule is CC/C=C1\CN(Cc2ncc(C)c(OC)c2C)c2nc(N)nc(Cl)c2C1=O.COc1c(C)cnc(CN2C/C(=C\C3CC3)C(=O)c3c(Cl)nc(N)nc32)c1C.COc1c(C)cnc(CN2CC(=C(C)C)C(=O)c3c(Cl)nc(N)nc32)c1C.COc1c(C)cnc(CN2CC(=C3CCCC3)C(=O)c3c(Cl)nc(N)nc32)c1C. The minimum atomic E-state index is -0.155. The van der Waals surface area contributed by atoms with Crippen molar-refractivity contribution in [2.75, 3.05) is 97.2 Å². The first-order valence-corrected chi connectivity index (χ1v) is 37.7. The van der Waals surface area contributed by atoms with Gasteiger partial charge in [-0.15, -0.1) is 0 Å². The third-order valence-electron chi connectivity index (χ3n) is 20.2. The van der Waals surface area contributed by atoms with E-state index in [1.807, 2.05) is 102 Å². The molecule has 2 saturated carbocycles. The molecular weight excluding hydrogens is 1500 g/mol. The zero-order valence-electron chi connectivity index (χ0n) is 64.9. The number of nitrogens with zero attached hydrogens (tertiary/aromatic N) is 16. The molecule has 0 unspecified atom stereocenters. The predicted octanol–water partition coefficient (Wildman–Crippen LogP) is 13.6. The number of carbonyl (C=O) groups excluding carboxylic acids is 4. The molecule has 2 fully saturated rings. The number of anilines is 8. The number of ether oxygens (including phenoxy) is 4. The first-order chi connectivity index (χ1) is 52.9. The van der Waals surface area contributed by atoms with Crippen molar-refractivity contribution in [1.29, 1.82) is 0 Å². The van der Waals surface area contributed by atoms with Crippen LogP contribution in [0.5, 0.6) is 23.0 Å². The third-order valence-corrected chi connectivity index (χ3v) is 21.3. The van der Waals surface area contributed by atoms with E-state index in [-0.39, 0.29) is 78.7 Å². The summed E-state index contributed by atoms with van der Waals surface area (Å²) in [4.78, 5) is 111. The highest BCUT2D eigenvalue weighted by Crippen LogP contribution is 2.43. The van der Waals surface area contributed by atoms with Gasteiger partial charge in [0.1, 0.15) is 89.1 Å². The number of methoxy groups -OCH3 is 4. The maximum atomic E-state index is 13.2. The van der Waals surface area contributed by atoms with E-state index in [4.69, 9.17) is 88.3 Å². The third kappa shape index (κ3) is 17.1. The molecule has 0 amide bonds. The Morgan fingerprint density at radius 1 is 0.441 bits per heavy atom. The number of rotatable bonds is 14. The number of hydrogen-bond acceptors (Lipinski definition) is 28. The smallest absolute Gasteiger partial charge is 0.223 e. The molecule has 582 valence electrons. The second kappa shape index (κ2) is 34.3. The van der Waals surface area contributed by atoms with Gasteiger partial charge in [0.15, 0.2) is 23.1 Å². The van der Waals surface area contributed by atoms with Crippen molar-refractivity contribution in [3.63, 3.8) is 0 Å². The highest BCUT2D eigenvalue weighted by molar-refractivity contribution is 6.37. The molecule has 2 aliphatic carbocycles. The molecule has 0 spiro atoms. The number of ketones is 4. The van der Waals surface area contributed by atoms with E-state index in [1.54, 1.807) is 53.2 Å². The monoisotopic (exact) mass is 1590 g/mol. The van der Waals surface area contributed by atoms with Crippen molar-refractivity contribution >= 4 is 117 Å². The van der Waals surface area contributed by atoms with Gasteiger partial charge < -0.3 is 61.5 Å². The van der Waals surface area contributed by atoms with Crippen molar-refractivity contribution in [2.24, 2.45) is 5.92 Å². The fourth-order valence-electron chi connectivity index (χ4n) is 14.5. The average Bonchev–Trinajstić information content (AvgIpc) is 1.53. The summed E-state index contributed by atoms with van der Waals surface area (Å²) in [5, 5.41) is 0.326. The van der Waals surface area contributed by atoms with E-state index in [2.05, 4.69) is 65.9 Å². The molecule has 0 bridgehead atoms. The lowest BCUT2D eigenvalue weighted by Crippen LogP contribution is -2.36. The Bertz CT molecular complexity index is 5210. The summed E-state index contributed by atoms with van der Waals surface area (Å²) < 4.78 is 22.1. The van der Waals surface area contributed by atoms with Crippen LogP contribution in [-0.2, 0) is 26.2 Å². The van der Waals surface area contributed by atoms with Crippen LogP contribution >= 0.6 is 46.4 Å². The highest BCUT2D eigenvalue weighted by atomic mass is 35.5. The van der Waals surface area contributed by atoms with Crippen LogP contribution in [0.15, 0.2) is 70.4 Å². The van der Waals surface area contributed by atoms with Crippen LogP contribution < -0.4 is 61.5 Å². The Morgan fingerprint density at radius 2 is 0.748 bits per heavy atom. The summed E-state index contributed by atoms with van der Waals surface area (Å²) in [7, 11) is 6.59. The first-order valence-electron chi connectivity index (χ1n) is 36.1. The molecule has 8 aromatic rings. The number of allylic oxidation sites excluding steroid dienone is 4. The first kappa shape index (κ1) is 81.3. The number of halogens is 4. The lowest BCUT2D eigenvalue weighted by atomic mass is 9.94. The second-order valence-corrected chi connectivity index (χ2v) is 29.6. The Morgan fingerprint density at radius 3 is 1.07 bits per heavy atom. The van der Waals surface area contributed by atoms with E-state index in [1.165, 1.54) is 5.57 Å². The topological polar surface area (TPSA) is 377 Å². The second-order valence-electron chi connectivity index (χ2n) is 28.1. The number of aromatic nitrogens is 12. The summed E-state index contributed by atoms with van der Waals surface area (Å²) in [6, 6.07) is 0. The van der Waals surface area contributed by atoms with E-state index in [0.717, 1.165) is 152 Å². The number of aryl methyl sites for hydroxylation is 4. The normalized spacial score (nSPS) is 15.8. The van der Waals surface area contributed by atoms with Gasteiger partial charge in [0, 0.05) is 118 Å². The molecule has 8 aromatic heterocycles. The van der Waals surface area contributed by atoms with Gasteiger partial charge in [0.25, 0.3) is 0 Å². The van der Waals surface area contributed by atoms with Gasteiger partial charge in [-0.05, 0) is 120 Å². The maximum Gasteiger partial charge on any atom is 0.223 e. The van der Waals surface area contributed by atoms with Crippen LogP contribution in [0.25, 0.3) is 0 Å². The Kier molecular flexibility index (Phi) is 25.1. The summed E-state index contributed by atoms with van der Waals surface area (Å²) in [6.45, 7) is 25.0. The predicted molar refractivity (Wildman–Crippen MR) is 431 cm³/mol. The molecule has 28 nitrogen and oxygen atoms in total. The summed E-state index contributed by atoms with van der Waals surface area (Å²) >= 11 is 25.1. The van der Waals surface area contributed by atoms with Crippen LogP contribution in [0.1, 0.15) is 174 Å². The molecule has 0 atom stereocenters. The van der Waals surface area contributed by atoms with Gasteiger partial charge in [-0.1, -0.05) is 76.6 Å². The van der Waals surface area contributed by atoms with Crippen LogP contribution in [-0.4, -0.2) is 138 Å². The van der Waals surface area contributed by atoms with Crippen molar-refractivity contribution in [3.8, 4) is 23.0 Å². The maximum absolute atomic E-state index is 13.2. The molecule has 8 N–H and O–H groups in total. The van der Waals surface area contributed by atoms with Gasteiger partial charge in [0.2, 0.25) is 23.8 Å². The Balaban J connectivity index is 0.000000147. The number of nitrogen functional groups attached to an aromatic ring is 4. The number of hydrogen-bond donors (Lipinski definition) is 4. The number of carbonyl (C=O) groups is 4. The van der Waals surface area contributed by atoms with Gasteiger partial charge in [-0.2, -0.15) is 19.9 Å². The van der Waals surface area contributed by atoms with E-state index in [0.29, 0.717) is 104 Å². The fraction of sp³-hybridized carbons (Fsp3) is 0.392. The van der Waals surface area contributed by atoms with Crippen LogP contribution in [0.4, 0.5) is 47.1 Å². The molecule has 0 aromatic carbocycles. The van der Waals surface area contributed by atoms with E-state index in [9.17, 15) is 19.2 Å². The zero-order valence-corrected chi connectivity index (χ0v) is 67.9. The van der Waals surface area contributed by atoms with Crippen LogP contribution in [0, 0.1) is 61.3 Å². The molecule has 14 rings (SSSR count). The zero-order chi connectivity index (χ0) is 80.3. The number of nitrogens with two attached hydrogens (primary N) is 4. The number of Topliss-reactive ketones (excluding diaryl/α,β-unsaturated/α-hetero) is 4. The Hall–Kier alpha value is -10.7. The molecule has 0 radical (unpaired) electrons. The van der Waals surface area contributed by atoms with Crippen molar-refractivity contribution in [2.45, 2.75) is 147 Å².